The second-order valence-electron chi connectivity index (χ2n) is 5.15. The van der Waals surface area contributed by atoms with Crippen molar-refractivity contribution in [2.24, 2.45) is 0 Å². The molecule has 0 radical (unpaired) electrons. The number of benzene rings is 2. The lowest BCUT2D eigenvalue weighted by molar-refractivity contribution is -0.384. The Morgan fingerprint density at radius 3 is 2.38 bits per heavy atom. The molecule has 108 valence electrons. The number of non-ortho nitro benzene ring substituents is 1. The molecule has 3 rings (SSSR count). The molecule has 0 saturated carbocycles. The molecule has 5 nitrogen and oxygen atoms in total. The Bertz CT molecular complexity index is 628. The minimum absolute atomic E-state index is 0.0685. The van der Waals surface area contributed by atoms with Crippen LogP contribution in [-0.2, 0) is 4.84 Å². The molecule has 0 unspecified atom stereocenters. The van der Waals surface area contributed by atoms with Crippen LogP contribution in [0, 0.1) is 10.1 Å². The zero-order chi connectivity index (χ0) is 14.8. The van der Waals surface area contributed by atoms with Crippen molar-refractivity contribution in [2.75, 3.05) is 7.05 Å². The van der Waals surface area contributed by atoms with Gasteiger partial charge in [-0.1, -0.05) is 30.3 Å². The highest BCUT2D eigenvalue weighted by atomic mass is 16.7. The molecule has 0 amide bonds. The fourth-order valence-electron chi connectivity index (χ4n) is 2.70. The van der Waals surface area contributed by atoms with E-state index >= 15 is 0 Å². The lowest BCUT2D eigenvalue weighted by atomic mass is 9.98. The molecular formula is C16H16N2O3. The minimum Gasteiger partial charge on any atom is -0.291 e. The van der Waals surface area contributed by atoms with Gasteiger partial charge < -0.3 is 0 Å². The minimum atomic E-state index is -0.391. The predicted octanol–water partition coefficient (Wildman–Crippen LogP) is 3.64. The Morgan fingerprint density at radius 1 is 1.10 bits per heavy atom. The van der Waals surface area contributed by atoms with Crippen LogP contribution in [0.2, 0.25) is 0 Å². The molecule has 1 heterocycles. The Morgan fingerprint density at radius 2 is 1.76 bits per heavy atom. The normalized spacial score (nSPS) is 22.3. The van der Waals surface area contributed by atoms with Crippen LogP contribution in [0.1, 0.15) is 29.7 Å². The van der Waals surface area contributed by atoms with Crippen LogP contribution in [-0.4, -0.2) is 17.0 Å². The van der Waals surface area contributed by atoms with Gasteiger partial charge in [-0.3, -0.25) is 15.0 Å². The molecular weight excluding hydrogens is 268 g/mol. The van der Waals surface area contributed by atoms with E-state index in [1.54, 1.807) is 12.1 Å². The fourth-order valence-corrected chi connectivity index (χ4v) is 2.70. The van der Waals surface area contributed by atoms with E-state index in [0.717, 1.165) is 12.0 Å². The average molecular weight is 284 g/mol. The number of hydroxylamine groups is 2. The van der Waals surface area contributed by atoms with Gasteiger partial charge in [-0.15, -0.1) is 0 Å². The molecule has 21 heavy (non-hydrogen) atoms. The van der Waals surface area contributed by atoms with Crippen molar-refractivity contribution >= 4 is 5.69 Å². The van der Waals surface area contributed by atoms with Crippen molar-refractivity contribution in [3.8, 4) is 0 Å². The molecule has 1 saturated heterocycles. The highest BCUT2D eigenvalue weighted by Crippen LogP contribution is 2.40. The van der Waals surface area contributed by atoms with Crippen molar-refractivity contribution in [1.29, 1.82) is 0 Å². The summed E-state index contributed by atoms with van der Waals surface area (Å²) in [5, 5.41) is 12.6. The first-order valence-electron chi connectivity index (χ1n) is 6.84. The summed E-state index contributed by atoms with van der Waals surface area (Å²) in [5.74, 6) is 0. The topological polar surface area (TPSA) is 55.6 Å². The van der Waals surface area contributed by atoms with Gasteiger partial charge in [0.25, 0.3) is 5.69 Å². The zero-order valence-electron chi connectivity index (χ0n) is 11.7. The Balaban J connectivity index is 1.78. The first kappa shape index (κ1) is 13.7. The highest BCUT2D eigenvalue weighted by molar-refractivity contribution is 5.34. The second kappa shape index (κ2) is 5.63. The van der Waals surface area contributed by atoms with E-state index in [-0.39, 0.29) is 17.8 Å². The molecule has 5 heteroatoms. The number of rotatable bonds is 3. The number of hydrogen-bond donors (Lipinski definition) is 0. The summed E-state index contributed by atoms with van der Waals surface area (Å²) in [6.07, 6.45) is 0.763. The van der Waals surface area contributed by atoms with E-state index in [2.05, 4.69) is 12.1 Å². The maximum atomic E-state index is 10.7. The van der Waals surface area contributed by atoms with Gasteiger partial charge in [-0.2, -0.15) is 5.06 Å². The second-order valence-corrected chi connectivity index (χ2v) is 5.15. The quantitative estimate of drug-likeness (QED) is 0.637. The van der Waals surface area contributed by atoms with Crippen molar-refractivity contribution in [3.63, 3.8) is 0 Å². The summed E-state index contributed by atoms with van der Waals surface area (Å²) < 4.78 is 0. The zero-order valence-corrected chi connectivity index (χ0v) is 11.7. The van der Waals surface area contributed by atoms with Crippen molar-refractivity contribution in [2.45, 2.75) is 18.6 Å². The fraction of sp³-hybridized carbons (Fsp3) is 0.250. The van der Waals surface area contributed by atoms with Crippen LogP contribution in [0.25, 0.3) is 0 Å². The highest BCUT2D eigenvalue weighted by Gasteiger charge is 2.32. The molecule has 1 aliphatic heterocycles. The first-order chi connectivity index (χ1) is 10.1. The number of nitro groups is 1. The summed E-state index contributed by atoms with van der Waals surface area (Å²) >= 11 is 0. The molecule has 0 N–H and O–H groups in total. The summed E-state index contributed by atoms with van der Waals surface area (Å²) in [7, 11) is 1.92. The summed E-state index contributed by atoms with van der Waals surface area (Å²) in [6.45, 7) is 0. The van der Waals surface area contributed by atoms with Gasteiger partial charge in [0.15, 0.2) is 0 Å². The van der Waals surface area contributed by atoms with Gasteiger partial charge in [-0.25, -0.2) is 0 Å². The molecule has 2 aromatic carbocycles. The predicted molar refractivity (Wildman–Crippen MR) is 78.5 cm³/mol. The van der Waals surface area contributed by atoms with Crippen LogP contribution in [0.15, 0.2) is 54.6 Å². The molecule has 1 aliphatic rings. The molecule has 0 bridgehead atoms. The Labute approximate surface area is 122 Å². The van der Waals surface area contributed by atoms with Crippen LogP contribution < -0.4 is 0 Å². The smallest absolute Gasteiger partial charge is 0.269 e. The molecule has 2 aromatic rings. The molecule has 1 fully saturated rings. The van der Waals surface area contributed by atoms with Crippen LogP contribution in [0.5, 0.6) is 0 Å². The van der Waals surface area contributed by atoms with Crippen molar-refractivity contribution in [3.05, 3.63) is 75.8 Å². The van der Waals surface area contributed by atoms with E-state index in [4.69, 9.17) is 4.84 Å². The van der Waals surface area contributed by atoms with Gasteiger partial charge >= 0.3 is 0 Å². The van der Waals surface area contributed by atoms with Gasteiger partial charge in [0, 0.05) is 25.6 Å². The lowest BCUT2D eigenvalue weighted by Gasteiger charge is -2.17. The maximum absolute atomic E-state index is 10.7. The lowest BCUT2D eigenvalue weighted by Crippen LogP contribution is -2.16. The third-order valence-electron chi connectivity index (χ3n) is 3.83. The van der Waals surface area contributed by atoms with E-state index in [9.17, 15) is 10.1 Å². The van der Waals surface area contributed by atoms with Gasteiger partial charge in [0.2, 0.25) is 0 Å². The van der Waals surface area contributed by atoms with E-state index in [1.807, 2.05) is 30.3 Å². The van der Waals surface area contributed by atoms with Crippen LogP contribution in [0.3, 0.4) is 0 Å². The van der Waals surface area contributed by atoms with Crippen LogP contribution >= 0.6 is 0 Å². The van der Waals surface area contributed by atoms with E-state index < -0.39 is 4.92 Å². The number of nitrogens with zero attached hydrogens (tertiary/aromatic N) is 2. The maximum Gasteiger partial charge on any atom is 0.269 e. The third-order valence-corrected chi connectivity index (χ3v) is 3.83. The molecule has 0 spiro atoms. The summed E-state index contributed by atoms with van der Waals surface area (Å²) in [4.78, 5) is 16.2. The number of nitro benzene ring substituents is 1. The molecule has 0 aromatic heterocycles. The Hall–Kier alpha value is -2.24. The monoisotopic (exact) mass is 284 g/mol. The van der Waals surface area contributed by atoms with Crippen molar-refractivity contribution in [1.82, 2.24) is 5.06 Å². The standard InChI is InChI=1S/C16H16N2O3/c1-17-15(12-5-3-2-4-6-12)11-16(21-17)13-7-9-14(10-8-13)18(19)20/h2-10,15-16H,11H2,1H3/t15-,16+/m1/s1. The van der Waals surface area contributed by atoms with Gasteiger partial charge in [0.1, 0.15) is 6.10 Å². The molecule has 2 atom stereocenters. The van der Waals surface area contributed by atoms with E-state index in [1.165, 1.54) is 17.7 Å². The SMILES string of the molecule is CN1O[C@H](c2ccc([N+](=O)[O-])cc2)C[C@@H]1c1ccccc1. The first-order valence-corrected chi connectivity index (χ1v) is 6.84. The number of hydrogen-bond acceptors (Lipinski definition) is 4. The largest absolute Gasteiger partial charge is 0.291 e. The van der Waals surface area contributed by atoms with Gasteiger partial charge in [-0.05, 0) is 23.3 Å². The van der Waals surface area contributed by atoms with E-state index in [0.29, 0.717) is 0 Å². The van der Waals surface area contributed by atoms with Crippen LogP contribution in [0.4, 0.5) is 5.69 Å². The summed E-state index contributed by atoms with van der Waals surface area (Å²) in [6, 6.07) is 17.0. The average Bonchev–Trinajstić information content (AvgIpc) is 2.90. The van der Waals surface area contributed by atoms with Crippen molar-refractivity contribution < 1.29 is 9.76 Å². The summed E-state index contributed by atoms with van der Waals surface area (Å²) in [5.41, 5.74) is 2.28. The molecule has 0 aliphatic carbocycles. The van der Waals surface area contributed by atoms with Gasteiger partial charge in [0.05, 0.1) is 11.0 Å². The Kier molecular flexibility index (Phi) is 3.68. The third kappa shape index (κ3) is 2.79.